The molecule has 0 saturated carbocycles. The van der Waals surface area contributed by atoms with E-state index in [9.17, 15) is 22.8 Å². The lowest BCUT2D eigenvalue weighted by Gasteiger charge is -2.38. The fraction of sp³-hybridized carbons (Fsp3) is 0.455. The van der Waals surface area contributed by atoms with Gasteiger partial charge < -0.3 is 24.4 Å². The van der Waals surface area contributed by atoms with E-state index in [4.69, 9.17) is 4.42 Å². The summed E-state index contributed by atoms with van der Waals surface area (Å²) in [6.07, 6.45) is -1.60. The van der Waals surface area contributed by atoms with E-state index in [0.717, 1.165) is 12.1 Å². The fourth-order valence-electron chi connectivity index (χ4n) is 4.10. The number of nitrogens with one attached hydrogen (secondary N) is 1. The standard InChI is InChI=1S/C22H25F3N4O3/c23-22(24,25)16-3-1-4-18(15-16)27-10-12-29(13-11-27)21(31)26-17-6-8-28(9-7-17)20(30)19-5-2-14-32-19/h1-5,14-15,17H,6-13H2,(H,26,31). The average Bonchev–Trinajstić information content (AvgIpc) is 3.34. The van der Waals surface area contributed by atoms with Gasteiger partial charge in [-0.2, -0.15) is 13.2 Å². The molecule has 2 aliphatic rings. The van der Waals surface area contributed by atoms with Gasteiger partial charge in [-0.3, -0.25) is 4.79 Å². The number of likely N-dealkylation sites (tertiary alicyclic amines) is 1. The maximum absolute atomic E-state index is 13.0. The number of carbonyl (C=O) groups is 2. The lowest BCUT2D eigenvalue weighted by Crippen LogP contribution is -2.55. The molecule has 0 radical (unpaired) electrons. The first-order chi connectivity index (χ1) is 15.3. The van der Waals surface area contributed by atoms with Gasteiger partial charge in [-0.15, -0.1) is 0 Å². The fourth-order valence-corrected chi connectivity index (χ4v) is 4.10. The highest BCUT2D eigenvalue weighted by Crippen LogP contribution is 2.31. The third-order valence-corrected chi connectivity index (χ3v) is 5.95. The van der Waals surface area contributed by atoms with E-state index in [-0.39, 0.29) is 18.0 Å². The van der Waals surface area contributed by atoms with E-state index in [0.29, 0.717) is 63.6 Å². The van der Waals surface area contributed by atoms with Crippen molar-refractivity contribution in [1.82, 2.24) is 15.1 Å². The summed E-state index contributed by atoms with van der Waals surface area (Å²) in [5.74, 6) is 0.164. The number of anilines is 1. The molecule has 0 aliphatic carbocycles. The lowest BCUT2D eigenvalue weighted by atomic mass is 10.0. The zero-order valence-corrected chi connectivity index (χ0v) is 17.5. The Morgan fingerprint density at radius 1 is 0.938 bits per heavy atom. The van der Waals surface area contributed by atoms with Crippen molar-refractivity contribution in [1.29, 1.82) is 0 Å². The van der Waals surface area contributed by atoms with Gasteiger partial charge in [0.15, 0.2) is 5.76 Å². The molecule has 4 rings (SSSR count). The predicted octanol–water partition coefficient (Wildman–Crippen LogP) is 3.43. The van der Waals surface area contributed by atoms with Gasteiger partial charge in [-0.1, -0.05) is 6.07 Å². The number of nitrogens with zero attached hydrogens (tertiary/aromatic N) is 3. The summed E-state index contributed by atoms with van der Waals surface area (Å²) in [5.41, 5.74) is -0.166. The third kappa shape index (κ3) is 5.00. The molecule has 1 aromatic carbocycles. The molecule has 2 fully saturated rings. The Balaban J connectivity index is 1.24. The SMILES string of the molecule is O=C(NC1CCN(C(=O)c2ccco2)CC1)N1CCN(c2cccc(C(F)(F)F)c2)CC1. The number of piperazine rings is 1. The third-order valence-electron chi connectivity index (χ3n) is 5.95. The second kappa shape index (κ2) is 9.13. The van der Waals surface area contributed by atoms with Gasteiger partial charge in [0, 0.05) is 51.0 Å². The largest absolute Gasteiger partial charge is 0.459 e. The summed E-state index contributed by atoms with van der Waals surface area (Å²) in [5, 5.41) is 3.02. The first kappa shape index (κ1) is 22.0. The van der Waals surface area contributed by atoms with Gasteiger partial charge in [0.25, 0.3) is 5.91 Å². The monoisotopic (exact) mass is 450 g/mol. The molecule has 0 spiro atoms. The average molecular weight is 450 g/mol. The molecule has 172 valence electrons. The maximum Gasteiger partial charge on any atom is 0.416 e. The van der Waals surface area contributed by atoms with E-state index in [1.807, 2.05) is 4.90 Å². The van der Waals surface area contributed by atoms with Crippen LogP contribution in [0.15, 0.2) is 47.1 Å². The van der Waals surface area contributed by atoms with E-state index < -0.39 is 11.7 Å². The van der Waals surface area contributed by atoms with Crippen LogP contribution >= 0.6 is 0 Å². The molecule has 0 atom stereocenters. The van der Waals surface area contributed by atoms with E-state index >= 15 is 0 Å². The Hall–Kier alpha value is -3.17. The Morgan fingerprint density at radius 2 is 1.66 bits per heavy atom. The number of rotatable bonds is 3. The molecule has 10 heteroatoms. The van der Waals surface area contributed by atoms with Gasteiger partial charge in [-0.05, 0) is 43.2 Å². The van der Waals surface area contributed by atoms with Crippen LogP contribution in [0.1, 0.15) is 29.0 Å². The molecule has 3 amide bonds. The van der Waals surface area contributed by atoms with Gasteiger partial charge in [-0.25, -0.2) is 4.79 Å². The number of hydrogen-bond acceptors (Lipinski definition) is 4. The minimum absolute atomic E-state index is 0.0235. The molecule has 0 unspecified atom stereocenters. The molecular formula is C22H25F3N4O3. The zero-order chi connectivity index (χ0) is 22.7. The topological polar surface area (TPSA) is 69.0 Å². The van der Waals surface area contributed by atoms with Crippen molar-refractivity contribution < 1.29 is 27.2 Å². The van der Waals surface area contributed by atoms with Crippen LogP contribution < -0.4 is 10.2 Å². The van der Waals surface area contributed by atoms with Crippen LogP contribution in [0.4, 0.5) is 23.7 Å². The molecule has 2 aromatic rings. The number of carbonyl (C=O) groups excluding carboxylic acids is 2. The molecule has 2 aliphatic heterocycles. The van der Waals surface area contributed by atoms with Crippen LogP contribution in [0, 0.1) is 0 Å². The second-order valence-electron chi connectivity index (χ2n) is 8.02. The summed E-state index contributed by atoms with van der Waals surface area (Å²) in [4.78, 5) is 30.2. The zero-order valence-electron chi connectivity index (χ0n) is 17.5. The number of piperidine rings is 1. The van der Waals surface area contributed by atoms with Crippen molar-refractivity contribution >= 4 is 17.6 Å². The molecule has 1 aromatic heterocycles. The molecule has 3 heterocycles. The Bertz CT molecular complexity index is 932. The number of halogens is 3. The smallest absolute Gasteiger partial charge is 0.416 e. The number of furan rings is 1. The van der Waals surface area contributed by atoms with E-state index in [1.165, 1.54) is 12.3 Å². The van der Waals surface area contributed by atoms with Crippen molar-refractivity contribution in [2.24, 2.45) is 0 Å². The lowest BCUT2D eigenvalue weighted by molar-refractivity contribution is -0.137. The van der Waals surface area contributed by atoms with Crippen LogP contribution in [0.3, 0.4) is 0 Å². The first-order valence-corrected chi connectivity index (χ1v) is 10.6. The summed E-state index contributed by atoms with van der Waals surface area (Å²) < 4.78 is 44.0. The van der Waals surface area contributed by atoms with Gasteiger partial charge in [0.2, 0.25) is 0 Å². The number of alkyl halides is 3. The van der Waals surface area contributed by atoms with Crippen LogP contribution in [-0.4, -0.2) is 67.0 Å². The van der Waals surface area contributed by atoms with Crippen molar-refractivity contribution in [3.05, 3.63) is 54.0 Å². The van der Waals surface area contributed by atoms with E-state index in [2.05, 4.69) is 5.32 Å². The van der Waals surface area contributed by atoms with Crippen LogP contribution in [0.25, 0.3) is 0 Å². The Kier molecular flexibility index (Phi) is 6.29. The second-order valence-corrected chi connectivity index (χ2v) is 8.02. The molecule has 7 nitrogen and oxygen atoms in total. The number of benzene rings is 1. The van der Waals surface area contributed by atoms with Gasteiger partial charge in [0.05, 0.1) is 11.8 Å². The number of hydrogen-bond donors (Lipinski definition) is 1. The summed E-state index contributed by atoms with van der Waals surface area (Å²) >= 11 is 0. The molecular weight excluding hydrogens is 425 g/mol. The van der Waals surface area contributed by atoms with Crippen molar-refractivity contribution in [3.63, 3.8) is 0 Å². The molecule has 2 saturated heterocycles. The van der Waals surface area contributed by atoms with Crippen molar-refractivity contribution in [2.45, 2.75) is 25.1 Å². The Labute approximate surface area is 183 Å². The summed E-state index contributed by atoms with van der Waals surface area (Å²) in [7, 11) is 0. The quantitative estimate of drug-likeness (QED) is 0.778. The van der Waals surface area contributed by atoms with E-state index in [1.54, 1.807) is 28.0 Å². The highest BCUT2D eigenvalue weighted by Gasteiger charge is 2.32. The highest BCUT2D eigenvalue weighted by atomic mass is 19.4. The molecule has 32 heavy (non-hydrogen) atoms. The molecule has 0 bridgehead atoms. The predicted molar refractivity (Wildman–Crippen MR) is 111 cm³/mol. The van der Waals surface area contributed by atoms with Crippen molar-refractivity contribution in [2.75, 3.05) is 44.2 Å². The normalized spacial score (nSPS) is 18.0. The minimum atomic E-state index is -4.38. The first-order valence-electron chi connectivity index (χ1n) is 10.6. The van der Waals surface area contributed by atoms with Crippen molar-refractivity contribution in [3.8, 4) is 0 Å². The van der Waals surface area contributed by atoms with Gasteiger partial charge >= 0.3 is 12.2 Å². The summed E-state index contributed by atoms with van der Waals surface area (Å²) in [6.45, 7) is 2.85. The maximum atomic E-state index is 13.0. The highest BCUT2D eigenvalue weighted by molar-refractivity contribution is 5.91. The van der Waals surface area contributed by atoms with Gasteiger partial charge in [0.1, 0.15) is 0 Å². The van der Waals surface area contributed by atoms with Crippen LogP contribution in [0.2, 0.25) is 0 Å². The Morgan fingerprint density at radius 3 is 2.28 bits per heavy atom. The number of urea groups is 1. The summed E-state index contributed by atoms with van der Waals surface area (Å²) in [6, 6.07) is 8.37. The minimum Gasteiger partial charge on any atom is -0.459 e. The molecule has 1 N–H and O–H groups in total. The van der Waals surface area contributed by atoms with Crippen LogP contribution in [0.5, 0.6) is 0 Å². The number of amides is 3. The van der Waals surface area contributed by atoms with Crippen LogP contribution in [-0.2, 0) is 6.18 Å².